The number of aromatic nitrogens is 1. The van der Waals surface area contributed by atoms with Crippen LogP contribution < -0.4 is 11.1 Å². The van der Waals surface area contributed by atoms with E-state index in [0.29, 0.717) is 10.9 Å². The number of nitrogens with zero attached hydrogens (tertiary/aromatic N) is 3. The molecular formula is C17H18N5O3S+. The lowest BCUT2D eigenvalue weighted by Crippen LogP contribution is -2.28. The fourth-order valence-electron chi connectivity index (χ4n) is 2.68. The molecule has 1 amide bonds. The predicted molar refractivity (Wildman–Crippen MR) is 99.8 cm³/mol. The lowest BCUT2D eigenvalue weighted by molar-refractivity contribution is -0.729. The summed E-state index contributed by atoms with van der Waals surface area (Å²) in [6.45, 7) is 2.01. The molecule has 0 fully saturated rings. The summed E-state index contributed by atoms with van der Waals surface area (Å²) in [6.07, 6.45) is 2.12. The van der Waals surface area contributed by atoms with E-state index in [1.54, 1.807) is 6.07 Å². The minimum Gasteiger partial charge on any atom is -0.379 e. The van der Waals surface area contributed by atoms with Crippen LogP contribution in [0.2, 0.25) is 0 Å². The standard InChI is InChI=1S/C17H17N5O3S/c1-17(6-8-26-16(18)21-17)11-3-2-4-12(9-11)20-15(23)14-10-13(22(24)25)5-7-19-14/h2-5,7,9-10H,6,8H2,1H3,(H3-,18,20,21,23,24,25)/p+1. The van der Waals surface area contributed by atoms with E-state index in [1.807, 2.05) is 25.1 Å². The number of hydrogen-bond acceptors (Lipinski definition) is 6. The number of pyridine rings is 1. The van der Waals surface area contributed by atoms with Crippen LogP contribution in [0.1, 0.15) is 29.4 Å². The minimum atomic E-state index is -0.488. The van der Waals surface area contributed by atoms with Crippen molar-refractivity contribution in [2.75, 3.05) is 11.1 Å². The van der Waals surface area contributed by atoms with Crippen LogP contribution in [-0.2, 0) is 5.54 Å². The number of amides is 1. The Labute approximate surface area is 154 Å². The van der Waals surface area contributed by atoms with Gasteiger partial charge in [0.15, 0.2) is 5.17 Å². The van der Waals surface area contributed by atoms with E-state index >= 15 is 0 Å². The van der Waals surface area contributed by atoms with Gasteiger partial charge in [-0.25, -0.2) is 5.21 Å². The van der Waals surface area contributed by atoms with Crippen molar-refractivity contribution >= 4 is 34.2 Å². The molecule has 1 atom stereocenters. The van der Waals surface area contributed by atoms with Gasteiger partial charge in [0, 0.05) is 23.7 Å². The summed E-state index contributed by atoms with van der Waals surface area (Å²) in [5.41, 5.74) is 6.90. The molecule has 3 rings (SSSR count). The number of benzene rings is 1. The number of anilines is 1. The average molecular weight is 372 g/mol. The Morgan fingerprint density at radius 2 is 2.19 bits per heavy atom. The van der Waals surface area contributed by atoms with Crippen molar-refractivity contribution < 1.29 is 14.9 Å². The maximum atomic E-state index is 12.4. The molecule has 0 bridgehead atoms. The van der Waals surface area contributed by atoms with E-state index in [4.69, 9.17) is 10.9 Å². The number of nitrogens with two attached hydrogens (primary N) is 1. The third-order valence-electron chi connectivity index (χ3n) is 4.14. The summed E-state index contributed by atoms with van der Waals surface area (Å²) in [5.74, 6) is 0.393. The number of carbonyl (C=O) groups excluding carboxylic acids is 1. The second-order valence-corrected chi connectivity index (χ2v) is 7.14. The highest BCUT2D eigenvalue weighted by Gasteiger charge is 2.29. The van der Waals surface area contributed by atoms with Gasteiger partial charge >= 0.3 is 5.69 Å². The molecular weight excluding hydrogens is 354 g/mol. The van der Waals surface area contributed by atoms with Gasteiger partial charge < -0.3 is 11.1 Å². The first-order valence-electron chi connectivity index (χ1n) is 7.90. The van der Waals surface area contributed by atoms with Gasteiger partial charge in [-0.2, -0.15) is 0 Å². The van der Waals surface area contributed by atoms with Crippen molar-refractivity contribution in [1.29, 1.82) is 0 Å². The molecule has 8 nitrogen and oxygen atoms in total. The first-order chi connectivity index (χ1) is 12.4. The number of nitrogens with one attached hydrogen (secondary N) is 1. The molecule has 9 heteroatoms. The summed E-state index contributed by atoms with van der Waals surface area (Å²) in [7, 11) is 0. The van der Waals surface area contributed by atoms with Crippen molar-refractivity contribution in [2.45, 2.75) is 18.9 Å². The van der Waals surface area contributed by atoms with Gasteiger partial charge in [-0.1, -0.05) is 23.9 Å². The Morgan fingerprint density at radius 1 is 1.38 bits per heavy atom. The van der Waals surface area contributed by atoms with Crippen LogP contribution in [0.5, 0.6) is 0 Å². The smallest absolute Gasteiger partial charge is 0.320 e. The minimum absolute atomic E-state index is 0.0188. The second-order valence-electron chi connectivity index (χ2n) is 6.03. The van der Waals surface area contributed by atoms with E-state index < -0.39 is 11.4 Å². The molecule has 0 spiro atoms. The average Bonchev–Trinajstić information content (AvgIpc) is 2.62. The normalized spacial score (nSPS) is 19.5. The number of thioether (sulfide) groups is 1. The molecule has 26 heavy (non-hydrogen) atoms. The third-order valence-corrected chi connectivity index (χ3v) is 4.93. The van der Waals surface area contributed by atoms with E-state index in [2.05, 4.69) is 15.3 Å². The Hall–Kier alpha value is -2.94. The molecule has 1 aromatic carbocycles. The van der Waals surface area contributed by atoms with Crippen LogP contribution in [0.3, 0.4) is 0 Å². The van der Waals surface area contributed by atoms with E-state index in [-0.39, 0.29) is 16.3 Å². The van der Waals surface area contributed by atoms with Crippen molar-refractivity contribution in [3.05, 3.63) is 58.8 Å². The number of aliphatic imine (C=N–C) groups is 1. The molecule has 2 heterocycles. The van der Waals surface area contributed by atoms with Gasteiger partial charge in [-0.05, 0) is 31.0 Å². The zero-order chi connectivity index (χ0) is 18.7. The zero-order valence-corrected chi connectivity index (χ0v) is 14.9. The van der Waals surface area contributed by atoms with Crippen LogP contribution in [0.15, 0.2) is 47.6 Å². The van der Waals surface area contributed by atoms with Crippen LogP contribution in [0.4, 0.5) is 11.4 Å². The summed E-state index contributed by atoms with van der Waals surface area (Å²) < 4.78 is 0. The van der Waals surface area contributed by atoms with Crippen molar-refractivity contribution in [2.24, 2.45) is 10.7 Å². The Balaban J connectivity index is 1.83. The molecule has 1 unspecified atom stereocenters. The molecule has 0 aliphatic carbocycles. The van der Waals surface area contributed by atoms with Crippen molar-refractivity contribution in [3.63, 3.8) is 0 Å². The molecule has 1 aliphatic rings. The van der Waals surface area contributed by atoms with Gasteiger partial charge in [0.2, 0.25) is 0 Å². The molecule has 0 radical (unpaired) electrons. The molecule has 2 aromatic rings. The fraction of sp³-hybridized carbons (Fsp3) is 0.235. The molecule has 1 aromatic heterocycles. The largest absolute Gasteiger partial charge is 0.379 e. The first-order valence-corrected chi connectivity index (χ1v) is 8.88. The quantitative estimate of drug-likeness (QED) is 0.710. The molecule has 4 N–H and O–H groups in total. The van der Waals surface area contributed by atoms with Gasteiger partial charge in [-0.3, -0.25) is 14.8 Å². The zero-order valence-electron chi connectivity index (χ0n) is 14.0. The lowest BCUT2D eigenvalue weighted by atomic mass is 9.89. The molecule has 1 aliphatic heterocycles. The predicted octanol–water partition coefficient (Wildman–Crippen LogP) is 2.80. The SMILES string of the molecule is CC1(c2cccc(NC(=O)c3cc([N+](=O)O)ccn3)c2)CCSC(N)=N1. The first kappa shape index (κ1) is 17.9. The van der Waals surface area contributed by atoms with Crippen LogP contribution in [0, 0.1) is 4.91 Å². The summed E-state index contributed by atoms with van der Waals surface area (Å²) >= 11 is 1.53. The maximum absolute atomic E-state index is 12.4. The highest BCUT2D eigenvalue weighted by Crippen LogP contribution is 2.35. The Morgan fingerprint density at radius 3 is 2.92 bits per heavy atom. The number of hydrogen-bond donors (Lipinski definition) is 3. The molecule has 134 valence electrons. The lowest BCUT2D eigenvalue weighted by Gasteiger charge is -2.30. The summed E-state index contributed by atoms with van der Waals surface area (Å²) in [4.78, 5) is 31.5. The summed E-state index contributed by atoms with van der Waals surface area (Å²) in [5, 5.41) is 12.2. The summed E-state index contributed by atoms with van der Waals surface area (Å²) in [6, 6.07) is 9.89. The highest BCUT2D eigenvalue weighted by molar-refractivity contribution is 8.13. The monoisotopic (exact) mass is 372 g/mol. The molecule has 0 saturated carbocycles. The second kappa shape index (κ2) is 7.12. The highest BCUT2D eigenvalue weighted by atomic mass is 32.2. The van der Waals surface area contributed by atoms with E-state index in [1.165, 1.54) is 30.1 Å². The topological polar surface area (TPSA) is 121 Å². The van der Waals surface area contributed by atoms with E-state index in [0.717, 1.165) is 17.7 Å². The van der Waals surface area contributed by atoms with Gasteiger partial charge in [-0.15, -0.1) is 0 Å². The van der Waals surface area contributed by atoms with Crippen LogP contribution >= 0.6 is 11.8 Å². The maximum Gasteiger partial charge on any atom is 0.320 e. The molecule has 0 saturated heterocycles. The fourth-order valence-corrected chi connectivity index (χ4v) is 3.66. The van der Waals surface area contributed by atoms with Gasteiger partial charge in [0.1, 0.15) is 5.69 Å². The number of rotatable bonds is 4. The Kier molecular flexibility index (Phi) is 4.90. The Bertz CT molecular complexity index is 901. The third kappa shape index (κ3) is 3.83. The van der Waals surface area contributed by atoms with Crippen molar-refractivity contribution in [3.8, 4) is 0 Å². The van der Waals surface area contributed by atoms with Gasteiger partial charge in [0.05, 0.1) is 16.5 Å². The van der Waals surface area contributed by atoms with Gasteiger partial charge in [0.25, 0.3) is 10.8 Å². The number of carbonyl (C=O) groups is 1. The van der Waals surface area contributed by atoms with Crippen LogP contribution in [0.25, 0.3) is 0 Å². The number of amidine groups is 1. The van der Waals surface area contributed by atoms with E-state index in [9.17, 15) is 9.70 Å². The van der Waals surface area contributed by atoms with Crippen molar-refractivity contribution in [1.82, 2.24) is 4.98 Å². The van der Waals surface area contributed by atoms with Crippen LogP contribution in [-0.4, -0.2) is 31.9 Å².